The fraction of sp³-hybridized carbons (Fsp3) is 0.118. The van der Waals surface area contributed by atoms with Gasteiger partial charge in [-0.25, -0.2) is 0 Å². The summed E-state index contributed by atoms with van der Waals surface area (Å²) in [4.78, 5) is 23.4. The van der Waals surface area contributed by atoms with Gasteiger partial charge in [-0.2, -0.15) is 0 Å². The first-order chi connectivity index (χ1) is 12.6. The van der Waals surface area contributed by atoms with Crippen molar-refractivity contribution in [2.75, 3.05) is 13.7 Å². The van der Waals surface area contributed by atoms with Gasteiger partial charge in [-0.05, 0) is 42.6 Å². The van der Waals surface area contributed by atoms with E-state index < -0.39 is 11.8 Å². The van der Waals surface area contributed by atoms with Crippen molar-refractivity contribution in [3.05, 3.63) is 54.5 Å². The molecule has 0 spiro atoms. The van der Waals surface area contributed by atoms with E-state index in [-0.39, 0.29) is 11.7 Å². The van der Waals surface area contributed by atoms with Crippen molar-refractivity contribution in [2.24, 2.45) is 0 Å². The minimum atomic E-state index is -0.487. The molecule has 1 aromatic heterocycles. The summed E-state index contributed by atoms with van der Waals surface area (Å²) >= 11 is 4.90. The summed E-state index contributed by atoms with van der Waals surface area (Å²) in [6.45, 7) is -0.262. The highest BCUT2D eigenvalue weighted by Gasteiger charge is 2.07. The molecule has 26 heavy (non-hydrogen) atoms. The Kier molecular flexibility index (Phi) is 7.19. The highest BCUT2D eigenvalue weighted by atomic mass is 32.1. The summed E-state index contributed by atoms with van der Waals surface area (Å²) in [6.07, 6.45) is 4.23. The summed E-state index contributed by atoms with van der Waals surface area (Å²) < 4.78 is 15.5. The Hall–Kier alpha value is -3.33. The van der Waals surface area contributed by atoms with Gasteiger partial charge in [0, 0.05) is 6.08 Å². The number of nitrogens with one attached hydrogen (secondary N) is 3. The molecule has 1 aromatic carbocycles. The van der Waals surface area contributed by atoms with Gasteiger partial charge in [0.25, 0.3) is 5.91 Å². The fourth-order valence-electron chi connectivity index (χ4n) is 1.77. The second-order valence-electron chi connectivity index (χ2n) is 4.78. The van der Waals surface area contributed by atoms with Crippen LogP contribution in [0.1, 0.15) is 5.76 Å². The number of hydrogen-bond donors (Lipinski definition) is 3. The second kappa shape index (κ2) is 9.84. The highest BCUT2D eigenvalue weighted by Crippen LogP contribution is 2.25. The molecule has 3 N–H and O–H groups in total. The van der Waals surface area contributed by atoms with Crippen LogP contribution in [-0.2, 0) is 9.59 Å². The Morgan fingerprint density at radius 3 is 2.62 bits per heavy atom. The Bertz CT molecular complexity index is 789. The molecule has 0 unspecified atom stereocenters. The predicted octanol–water partition coefficient (Wildman–Crippen LogP) is 1.40. The number of para-hydroxylation sites is 2. The maximum Gasteiger partial charge on any atom is 0.276 e. The molecule has 0 aliphatic carbocycles. The maximum atomic E-state index is 11.7. The van der Waals surface area contributed by atoms with Crippen LogP contribution in [0.4, 0.5) is 0 Å². The summed E-state index contributed by atoms with van der Waals surface area (Å²) in [5, 5.41) is 2.30. The third kappa shape index (κ3) is 6.29. The number of thiocarbonyl (C=S) groups is 1. The number of ether oxygens (including phenoxy) is 2. The van der Waals surface area contributed by atoms with E-state index >= 15 is 0 Å². The van der Waals surface area contributed by atoms with Gasteiger partial charge in [0.15, 0.2) is 23.2 Å². The van der Waals surface area contributed by atoms with E-state index in [0.29, 0.717) is 17.3 Å². The SMILES string of the molecule is COc1ccccc1OCC(=O)NNC(=S)NC(=O)C=Cc1ccco1. The summed E-state index contributed by atoms with van der Waals surface area (Å²) in [7, 11) is 1.51. The molecule has 0 aliphatic rings. The third-order valence-corrected chi connectivity index (χ3v) is 3.13. The number of benzene rings is 1. The van der Waals surface area contributed by atoms with Crippen LogP contribution >= 0.6 is 12.2 Å². The molecule has 0 aliphatic heterocycles. The van der Waals surface area contributed by atoms with Gasteiger partial charge in [0.1, 0.15) is 5.76 Å². The normalized spacial score (nSPS) is 10.2. The van der Waals surface area contributed by atoms with Crippen LogP contribution in [0, 0.1) is 0 Å². The van der Waals surface area contributed by atoms with E-state index in [1.165, 1.54) is 25.5 Å². The average molecular weight is 375 g/mol. The van der Waals surface area contributed by atoms with Crippen LogP contribution in [0.2, 0.25) is 0 Å². The molecule has 0 bridgehead atoms. The fourth-order valence-corrected chi connectivity index (χ4v) is 1.92. The molecular weight excluding hydrogens is 358 g/mol. The van der Waals surface area contributed by atoms with Crippen LogP contribution in [0.3, 0.4) is 0 Å². The largest absolute Gasteiger partial charge is 0.493 e. The molecule has 9 heteroatoms. The first-order valence-corrected chi connectivity index (χ1v) is 7.86. The first kappa shape index (κ1) is 19.0. The zero-order valence-electron chi connectivity index (χ0n) is 13.9. The third-order valence-electron chi connectivity index (χ3n) is 2.92. The molecule has 2 aromatic rings. The molecule has 2 amide bonds. The number of amides is 2. The van der Waals surface area contributed by atoms with Crippen molar-refractivity contribution < 1.29 is 23.5 Å². The van der Waals surface area contributed by atoms with Crippen molar-refractivity contribution in [3.63, 3.8) is 0 Å². The molecule has 0 fully saturated rings. The maximum absolute atomic E-state index is 11.7. The number of carbonyl (C=O) groups is 2. The molecule has 2 rings (SSSR count). The Labute approximate surface area is 155 Å². The predicted molar refractivity (Wildman–Crippen MR) is 98.3 cm³/mol. The zero-order chi connectivity index (χ0) is 18.8. The van der Waals surface area contributed by atoms with Crippen LogP contribution in [0.25, 0.3) is 6.08 Å². The van der Waals surface area contributed by atoms with Crippen molar-refractivity contribution in [2.45, 2.75) is 0 Å². The highest BCUT2D eigenvalue weighted by molar-refractivity contribution is 7.80. The lowest BCUT2D eigenvalue weighted by Gasteiger charge is -2.12. The molecule has 0 saturated heterocycles. The molecule has 8 nitrogen and oxygen atoms in total. The van der Waals surface area contributed by atoms with E-state index in [4.69, 9.17) is 26.1 Å². The summed E-state index contributed by atoms with van der Waals surface area (Å²) in [5.74, 6) is 0.515. The number of rotatable bonds is 6. The van der Waals surface area contributed by atoms with Crippen LogP contribution in [0.5, 0.6) is 11.5 Å². The van der Waals surface area contributed by atoms with Gasteiger partial charge in [-0.3, -0.25) is 25.8 Å². The molecule has 136 valence electrons. The van der Waals surface area contributed by atoms with Gasteiger partial charge in [-0.1, -0.05) is 12.1 Å². The lowest BCUT2D eigenvalue weighted by atomic mass is 10.3. The number of hydrazine groups is 1. The van der Waals surface area contributed by atoms with Crippen molar-refractivity contribution >= 4 is 35.2 Å². The van der Waals surface area contributed by atoms with Gasteiger partial charge >= 0.3 is 0 Å². The van der Waals surface area contributed by atoms with Gasteiger partial charge in [-0.15, -0.1) is 0 Å². The van der Waals surface area contributed by atoms with Gasteiger partial charge in [0.2, 0.25) is 5.91 Å². The zero-order valence-corrected chi connectivity index (χ0v) is 14.7. The number of furan rings is 1. The van der Waals surface area contributed by atoms with Crippen molar-refractivity contribution in [1.29, 1.82) is 0 Å². The minimum absolute atomic E-state index is 0.0651. The molecule has 1 heterocycles. The topological polar surface area (TPSA) is 102 Å². The van der Waals surface area contributed by atoms with E-state index in [0.717, 1.165) is 0 Å². The summed E-state index contributed by atoms with van der Waals surface area (Å²) in [5.41, 5.74) is 4.71. The average Bonchev–Trinajstić information content (AvgIpc) is 3.17. The molecule has 0 saturated carbocycles. The van der Waals surface area contributed by atoms with Crippen LogP contribution in [-0.4, -0.2) is 30.6 Å². The molecular formula is C17H17N3O5S. The Balaban J connectivity index is 1.69. The Morgan fingerprint density at radius 1 is 1.15 bits per heavy atom. The minimum Gasteiger partial charge on any atom is -0.493 e. The first-order valence-electron chi connectivity index (χ1n) is 7.45. The lowest BCUT2D eigenvalue weighted by molar-refractivity contribution is -0.123. The number of methoxy groups -OCH3 is 1. The summed E-state index contributed by atoms with van der Waals surface area (Å²) in [6, 6.07) is 10.3. The van der Waals surface area contributed by atoms with Gasteiger partial charge in [0.05, 0.1) is 13.4 Å². The van der Waals surface area contributed by atoms with E-state index in [9.17, 15) is 9.59 Å². The van der Waals surface area contributed by atoms with Crippen LogP contribution < -0.4 is 25.6 Å². The Morgan fingerprint density at radius 2 is 1.92 bits per heavy atom. The monoisotopic (exact) mass is 375 g/mol. The number of carbonyl (C=O) groups excluding carboxylic acids is 2. The van der Waals surface area contributed by atoms with E-state index in [2.05, 4.69) is 16.2 Å². The van der Waals surface area contributed by atoms with Crippen molar-refractivity contribution in [1.82, 2.24) is 16.2 Å². The molecule has 0 atom stereocenters. The van der Waals surface area contributed by atoms with Crippen molar-refractivity contribution in [3.8, 4) is 11.5 Å². The van der Waals surface area contributed by atoms with Gasteiger partial charge < -0.3 is 13.9 Å². The number of hydrogen-bond acceptors (Lipinski definition) is 6. The van der Waals surface area contributed by atoms with E-state index in [1.807, 2.05) is 0 Å². The standard InChI is InChI=1S/C17H17N3O5S/c1-23-13-6-2-3-7-14(13)25-11-16(22)19-20-17(26)18-15(21)9-8-12-5-4-10-24-12/h2-10H,11H2,1H3,(H,19,22)(H2,18,20,21,26). The second-order valence-corrected chi connectivity index (χ2v) is 5.19. The quantitative estimate of drug-likeness (QED) is 0.398. The van der Waals surface area contributed by atoms with Crippen LogP contribution in [0.15, 0.2) is 53.2 Å². The smallest absolute Gasteiger partial charge is 0.276 e. The van der Waals surface area contributed by atoms with E-state index in [1.54, 1.807) is 36.4 Å². The lowest BCUT2D eigenvalue weighted by Crippen LogP contribution is -2.49. The molecule has 0 radical (unpaired) electrons.